The van der Waals surface area contributed by atoms with Crippen molar-refractivity contribution in [1.82, 2.24) is 25.9 Å². The number of H-pyrrole nitrogens is 1. The number of rotatable bonds is 14. The van der Waals surface area contributed by atoms with Crippen molar-refractivity contribution in [2.24, 2.45) is 11.5 Å². The first-order valence-corrected chi connectivity index (χ1v) is 9.32. The van der Waals surface area contributed by atoms with Gasteiger partial charge in [-0.05, 0) is 6.42 Å². The number of aliphatic carboxylic acids is 2. The van der Waals surface area contributed by atoms with Gasteiger partial charge in [0.2, 0.25) is 23.6 Å². The SMILES string of the molecule is NC(=O)CC(N)C(=O)NC(Cc1cnc[nH]1)C(=O)NCC(=O)NC(CCC(=O)O)C(=O)O. The molecule has 0 saturated heterocycles. The number of carboxylic acid groups (broad SMARTS) is 2. The molecule has 0 aliphatic carbocycles. The quantitative estimate of drug-likeness (QED) is 0.135. The largest absolute Gasteiger partial charge is 0.481 e. The molecule has 10 N–H and O–H groups in total. The van der Waals surface area contributed by atoms with Crippen LogP contribution in [0.5, 0.6) is 0 Å². The fourth-order valence-electron chi connectivity index (χ4n) is 2.47. The maximum absolute atomic E-state index is 12.5. The van der Waals surface area contributed by atoms with Crippen LogP contribution in [0.25, 0.3) is 0 Å². The molecule has 3 atom stereocenters. The molecular formula is C17H25N7O8. The lowest BCUT2D eigenvalue weighted by Crippen LogP contribution is -2.54. The van der Waals surface area contributed by atoms with Crippen molar-refractivity contribution in [3.8, 4) is 0 Å². The van der Waals surface area contributed by atoms with Crippen LogP contribution in [-0.4, -0.2) is 80.4 Å². The van der Waals surface area contributed by atoms with Crippen LogP contribution in [0, 0.1) is 0 Å². The van der Waals surface area contributed by atoms with E-state index in [1.807, 2.05) is 0 Å². The minimum atomic E-state index is -1.46. The second kappa shape index (κ2) is 12.6. The highest BCUT2D eigenvalue weighted by Crippen LogP contribution is 2.01. The maximum atomic E-state index is 12.5. The van der Waals surface area contributed by atoms with Crippen molar-refractivity contribution >= 4 is 35.6 Å². The Balaban J connectivity index is 2.72. The number of nitrogens with zero attached hydrogens (tertiary/aromatic N) is 1. The van der Waals surface area contributed by atoms with E-state index in [4.69, 9.17) is 21.7 Å². The predicted molar refractivity (Wildman–Crippen MR) is 105 cm³/mol. The second-order valence-electron chi connectivity index (χ2n) is 6.73. The van der Waals surface area contributed by atoms with Gasteiger partial charge in [-0.2, -0.15) is 0 Å². The summed E-state index contributed by atoms with van der Waals surface area (Å²) >= 11 is 0. The molecule has 32 heavy (non-hydrogen) atoms. The topological polar surface area (TPSA) is 260 Å². The van der Waals surface area contributed by atoms with Gasteiger partial charge in [0.25, 0.3) is 0 Å². The molecule has 0 radical (unpaired) electrons. The van der Waals surface area contributed by atoms with Crippen LogP contribution in [0.2, 0.25) is 0 Å². The van der Waals surface area contributed by atoms with Gasteiger partial charge in [-0.3, -0.25) is 24.0 Å². The molecule has 3 unspecified atom stereocenters. The highest BCUT2D eigenvalue weighted by molar-refractivity contribution is 5.94. The normalized spacial score (nSPS) is 13.3. The highest BCUT2D eigenvalue weighted by atomic mass is 16.4. The minimum absolute atomic E-state index is 0.0567. The van der Waals surface area contributed by atoms with Gasteiger partial charge in [0.05, 0.1) is 25.3 Å². The molecule has 176 valence electrons. The van der Waals surface area contributed by atoms with Crippen LogP contribution in [0.4, 0.5) is 0 Å². The summed E-state index contributed by atoms with van der Waals surface area (Å²) in [6, 6.07) is -3.96. The fourth-order valence-corrected chi connectivity index (χ4v) is 2.47. The van der Waals surface area contributed by atoms with Gasteiger partial charge >= 0.3 is 11.9 Å². The number of imidazole rings is 1. The van der Waals surface area contributed by atoms with Gasteiger partial charge in [-0.1, -0.05) is 0 Å². The summed E-state index contributed by atoms with van der Waals surface area (Å²) in [5, 5.41) is 24.4. The van der Waals surface area contributed by atoms with Gasteiger partial charge in [0.15, 0.2) is 0 Å². The maximum Gasteiger partial charge on any atom is 0.326 e. The van der Waals surface area contributed by atoms with Crippen LogP contribution in [0.1, 0.15) is 25.0 Å². The van der Waals surface area contributed by atoms with Crippen molar-refractivity contribution in [3.05, 3.63) is 18.2 Å². The smallest absolute Gasteiger partial charge is 0.326 e. The molecule has 0 aliphatic heterocycles. The molecule has 1 heterocycles. The van der Waals surface area contributed by atoms with E-state index in [0.29, 0.717) is 5.69 Å². The Kier molecular flexibility index (Phi) is 10.3. The number of nitrogens with one attached hydrogen (secondary N) is 4. The average Bonchev–Trinajstić information content (AvgIpc) is 3.20. The molecule has 0 saturated carbocycles. The van der Waals surface area contributed by atoms with Crippen LogP contribution in [0.3, 0.4) is 0 Å². The van der Waals surface area contributed by atoms with Gasteiger partial charge in [0.1, 0.15) is 12.1 Å². The van der Waals surface area contributed by atoms with E-state index < -0.39 is 73.1 Å². The molecule has 15 heteroatoms. The van der Waals surface area contributed by atoms with Crippen LogP contribution >= 0.6 is 0 Å². The van der Waals surface area contributed by atoms with Crippen LogP contribution in [-0.2, 0) is 35.2 Å². The number of nitrogens with two attached hydrogens (primary N) is 2. The van der Waals surface area contributed by atoms with Crippen molar-refractivity contribution in [2.75, 3.05) is 6.54 Å². The number of carboxylic acids is 2. The van der Waals surface area contributed by atoms with Crippen molar-refractivity contribution < 1.29 is 39.0 Å². The third-order valence-electron chi connectivity index (χ3n) is 4.07. The minimum Gasteiger partial charge on any atom is -0.481 e. The molecule has 4 amide bonds. The lowest BCUT2D eigenvalue weighted by molar-refractivity contribution is -0.143. The van der Waals surface area contributed by atoms with Crippen LogP contribution < -0.4 is 27.4 Å². The molecule has 1 aromatic heterocycles. The average molecular weight is 455 g/mol. The third-order valence-corrected chi connectivity index (χ3v) is 4.07. The lowest BCUT2D eigenvalue weighted by atomic mass is 10.1. The zero-order valence-corrected chi connectivity index (χ0v) is 16.9. The van der Waals surface area contributed by atoms with E-state index in [1.165, 1.54) is 12.5 Å². The second-order valence-corrected chi connectivity index (χ2v) is 6.73. The first-order valence-electron chi connectivity index (χ1n) is 9.32. The Hall–Kier alpha value is -4.01. The Bertz CT molecular complexity index is 842. The molecular weight excluding hydrogens is 430 g/mol. The first-order chi connectivity index (χ1) is 15.0. The standard InChI is InChI=1S/C17H25N7O8/c18-9(4-12(19)25)15(29)24-11(3-8-5-20-7-22-8)16(30)21-6-13(26)23-10(17(31)32)1-2-14(27)28/h5,7,9-11H,1-4,6,18H2,(H2,19,25)(H,20,22)(H,21,30)(H,23,26)(H,24,29)(H,27,28)(H,31,32). The Morgan fingerprint density at radius 1 is 1.06 bits per heavy atom. The van der Waals surface area contributed by atoms with Crippen molar-refractivity contribution in [1.29, 1.82) is 0 Å². The first kappa shape index (κ1) is 26.0. The zero-order valence-electron chi connectivity index (χ0n) is 16.9. The van der Waals surface area contributed by atoms with E-state index in [-0.39, 0.29) is 12.8 Å². The molecule has 1 rings (SSSR count). The van der Waals surface area contributed by atoms with Gasteiger partial charge in [0, 0.05) is 24.7 Å². The molecule has 0 fully saturated rings. The van der Waals surface area contributed by atoms with E-state index in [0.717, 1.165) is 0 Å². The number of hydrogen-bond acceptors (Lipinski definition) is 8. The van der Waals surface area contributed by atoms with Crippen molar-refractivity contribution in [2.45, 2.75) is 43.8 Å². The molecule has 0 bridgehead atoms. The van der Waals surface area contributed by atoms with Gasteiger partial charge in [-0.25, -0.2) is 9.78 Å². The number of carbonyl (C=O) groups is 6. The summed E-state index contributed by atoms with van der Waals surface area (Å²) in [6.45, 7) is -0.641. The third kappa shape index (κ3) is 9.66. The van der Waals surface area contributed by atoms with E-state index in [2.05, 4.69) is 25.9 Å². The summed E-state index contributed by atoms with van der Waals surface area (Å²) in [7, 11) is 0. The number of aromatic nitrogens is 2. The van der Waals surface area contributed by atoms with Gasteiger partial charge < -0.3 is 42.6 Å². The molecule has 0 aliphatic rings. The molecule has 0 aromatic carbocycles. The number of hydrogen-bond donors (Lipinski definition) is 8. The summed E-state index contributed by atoms with van der Waals surface area (Å²) in [5.74, 6) is -5.98. The monoisotopic (exact) mass is 455 g/mol. The van der Waals surface area contributed by atoms with E-state index in [1.54, 1.807) is 0 Å². The Morgan fingerprint density at radius 3 is 2.28 bits per heavy atom. The number of carbonyl (C=O) groups excluding carboxylic acids is 4. The predicted octanol–water partition coefficient (Wildman–Crippen LogP) is -3.81. The molecule has 15 nitrogen and oxygen atoms in total. The zero-order chi connectivity index (χ0) is 24.3. The summed E-state index contributed by atoms with van der Waals surface area (Å²) in [5.41, 5.74) is 11.0. The number of amides is 4. The Labute approximate surface area is 181 Å². The van der Waals surface area contributed by atoms with Crippen LogP contribution in [0.15, 0.2) is 12.5 Å². The van der Waals surface area contributed by atoms with Gasteiger partial charge in [-0.15, -0.1) is 0 Å². The highest BCUT2D eigenvalue weighted by Gasteiger charge is 2.26. The molecule has 1 aromatic rings. The summed E-state index contributed by atoms with van der Waals surface area (Å²) in [4.78, 5) is 75.9. The van der Waals surface area contributed by atoms with Crippen molar-refractivity contribution in [3.63, 3.8) is 0 Å². The summed E-state index contributed by atoms with van der Waals surface area (Å²) in [6.07, 6.45) is 1.43. The number of aromatic amines is 1. The molecule has 0 spiro atoms. The van der Waals surface area contributed by atoms with E-state index >= 15 is 0 Å². The summed E-state index contributed by atoms with van der Waals surface area (Å²) < 4.78 is 0. The lowest BCUT2D eigenvalue weighted by Gasteiger charge is -2.20. The Morgan fingerprint density at radius 2 is 1.75 bits per heavy atom. The fraction of sp³-hybridized carbons (Fsp3) is 0.471. The number of primary amides is 1. The van der Waals surface area contributed by atoms with E-state index in [9.17, 15) is 28.8 Å².